The molecular formula is C17H16N2O8S. The van der Waals surface area contributed by atoms with Crippen LogP contribution in [0.1, 0.15) is 12.0 Å². The number of hydrogen-bond acceptors (Lipinski definition) is 7. The van der Waals surface area contributed by atoms with Crippen LogP contribution in [0.3, 0.4) is 0 Å². The van der Waals surface area contributed by atoms with Crippen molar-refractivity contribution in [2.45, 2.75) is 24.0 Å². The molecular weight excluding hydrogens is 392 g/mol. The Morgan fingerprint density at radius 3 is 2.50 bits per heavy atom. The fourth-order valence-corrected chi connectivity index (χ4v) is 3.54. The monoisotopic (exact) mass is 408 g/mol. The van der Waals surface area contributed by atoms with Gasteiger partial charge in [-0.05, 0) is 11.6 Å². The van der Waals surface area contributed by atoms with Crippen molar-refractivity contribution in [1.29, 1.82) is 0 Å². The number of nitrogens with zero attached hydrogens (tertiary/aromatic N) is 1. The van der Waals surface area contributed by atoms with Gasteiger partial charge in [0.2, 0.25) is 10.0 Å². The first-order chi connectivity index (χ1) is 13.2. The van der Waals surface area contributed by atoms with Gasteiger partial charge in [-0.1, -0.05) is 30.3 Å². The summed E-state index contributed by atoms with van der Waals surface area (Å²) in [7, 11) is -4.39. The van der Waals surface area contributed by atoms with Crippen LogP contribution in [0.15, 0.2) is 53.4 Å². The highest BCUT2D eigenvalue weighted by molar-refractivity contribution is 7.89. The Morgan fingerprint density at radius 2 is 1.93 bits per heavy atom. The van der Waals surface area contributed by atoms with Crippen LogP contribution in [0.5, 0.6) is 5.75 Å². The van der Waals surface area contributed by atoms with Crippen molar-refractivity contribution in [1.82, 2.24) is 4.72 Å². The van der Waals surface area contributed by atoms with E-state index in [0.29, 0.717) is 5.56 Å². The van der Waals surface area contributed by atoms with Crippen molar-refractivity contribution < 1.29 is 32.8 Å². The Hall–Kier alpha value is -3.31. The molecule has 0 saturated carbocycles. The molecule has 0 fully saturated rings. The number of nitro benzene ring substituents is 1. The van der Waals surface area contributed by atoms with Crippen molar-refractivity contribution in [3.63, 3.8) is 0 Å². The zero-order valence-electron chi connectivity index (χ0n) is 14.3. The smallest absolute Gasteiger partial charge is 0.305 e. The van der Waals surface area contributed by atoms with Gasteiger partial charge >= 0.3 is 5.97 Å². The number of benzene rings is 2. The highest BCUT2D eigenvalue weighted by Gasteiger charge is 2.26. The van der Waals surface area contributed by atoms with E-state index in [1.54, 1.807) is 30.3 Å². The normalized spacial score (nSPS) is 12.1. The number of aliphatic carboxylic acids is 1. The second-order valence-corrected chi connectivity index (χ2v) is 7.31. The Kier molecular flexibility index (Phi) is 6.79. The van der Waals surface area contributed by atoms with E-state index >= 15 is 0 Å². The quantitative estimate of drug-likeness (QED) is 0.341. The van der Waals surface area contributed by atoms with Crippen LogP contribution in [0, 0.1) is 10.1 Å². The second-order valence-electron chi connectivity index (χ2n) is 5.62. The minimum absolute atomic E-state index is 0.0588. The van der Waals surface area contributed by atoms with Crippen molar-refractivity contribution in [3.05, 3.63) is 64.2 Å². The second kappa shape index (κ2) is 9.06. The van der Waals surface area contributed by atoms with Crippen molar-refractivity contribution in [3.8, 4) is 5.75 Å². The van der Waals surface area contributed by atoms with Crippen LogP contribution in [0.25, 0.3) is 0 Å². The fraction of sp³-hybridized carbons (Fsp3) is 0.176. The maximum Gasteiger partial charge on any atom is 0.305 e. The molecule has 28 heavy (non-hydrogen) atoms. The van der Waals surface area contributed by atoms with E-state index in [1.165, 1.54) is 0 Å². The third-order valence-electron chi connectivity index (χ3n) is 3.53. The molecule has 0 aliphatic heterocycles. The van der Waals surface area contributed by atoms with Gasteiger partial charge in [-0.3, -0.25) is 14.9 Å². The SMILES string of the molecule is O=C[C@H](CC(=O)O)NS(=O)(=O)c1ccc([N+](=O)[O-])cc1OCc1ccccc1. The van der Waals surface area contributed by atoms with Gasteiger partial charge in [0.05, 0.1) is 23.5 Å². The fourth-order valence-electron chi connectivity index (χ4n) is 2.25. The summed E-state index contributed by atoms with van der Waals surface area (Å²) in [6.45, 7) is -0.0588. The van der Waals surface area contributed by atoms with Crippen molar-refractivity contribution >= 4 is 28.0 Å². The van der Waals surface area contributed by atoms with Crippen LogP contribution < -0.4 is 9.46 Å². The summed E-state index contributed by atoms with van der Waals surface area (Å²) in [6, 6.07) is 10.1. The Labute approximate surface area is 160 Å². The highest BCUT2D eigenvalue weighted by atomic mass is 32.2. The largest absolute Gasteiger partial charge is 0.487 e. The number of nitro groups is 1. The molecule has 2 aromatic rings. The molecule has 0 spiro atoms. The lowest BCUT2D eigenvalue weighted by atomic mass is 10.2. The zero-order chi connectivity index (χ0) is 20.7. The molecule has 11 heteroatoms. The van der Waals surface area contributed by atoms with Crippen LogP contribution in [-0.2, 0) is 26.2 Å². The molecule has 2 aromatic carbocycles. The number of ether oxygens (including phenoxy) is 1. The molecule has 2 N–H and O–H groups in total. The number of carboxylic acid groups (broad SMARTS) is 1. The standard InChI is InChI=1S/C17H16N2O8S/c20-10-13(8-17(21)22)18-28(25,26)16-7-6-14(19(23)24)9-15(16)27-11-12-4-2-1-3-5-12/h1-7,9-10,13,18H,8,11H2,(H,21,22)/t13-/m0/s1. The Balaban J connectivity index is 2.36. The molecule has 0 saturated heterocycles. The van der Waals surface area contributed by atoms with E-state index in [4.69, 9.17) is 9.84 Å². The highest BCUT2D eigenvalue weighted by Crippen LogP contribution is 2.29. The number of carbonyl (C=O) groups is 2. The molecule has 0 aromatic heterocycles. The van der Waals surface area contributed by atoms with Crippen LogP contribution in [0.2, 0.25) is 0 Å². The van der Waals surface area contributed by atoms with E-state index in [2.05, 4.69) is 0 Å². The zero-order valence-corrected chi connectivity index (χ0v) is 15.2. The third-order valence-corrected chi connectivity index (χ3v) is 5.06. The average molecular weight is 408 g/mol. The van der Waals surface area contributed by atoms with Crippen LogP contribution >= 0.6 is 0 Å². The van der Waals surface area contributed by atoms with Crippen molar-refractivity contribution in [2.24, 2.45) is 0 Å². The number of nitrogens with one attached hydrogen (secondary N) is 1. The summed E-state index contributed by atoms with van der Waals surface area (Å²) >= 11 is 0. The van der Waals surface area contributed by atoms with E-state index in [0.717, 1.165) is 18.2 Å². The first-order valence-electron chi connectivity index (χ1n) is 7.87. The van der Waals surface area contributed by atoms with Gasteiger partial charge in [-0.15, -0.1) is 0 Å². The summed E-state index contributed by atoms with van der Waals surface area (Å²) in [5, 5.41) is 19.8. The van der Waals surface area contributed by atoms with E-state index in [9.17, 15) is 28.1 Å². The number of carbonyl (C=O) groups excluding carboxylic acids is 1. The number of non-ortho nitro benzene ring substituents is 1. The topological polar surface area (TPSA) is 153 Å². The molecule has 2 rings (SSSR count). The number of sulfonamides is 1. The predicted molar refractivity (Wildman–Crippen MR) is 96.3 cm³/mol. The summed E-state index contributed by atoms with van der Waals surface area (Å²) in [5.41, 5.74) is 0.307. The van der Waals surface area contributed by atoms with Crippen LogP contribution in [-0.4, -0.2) is 36.7 Å². The molecule has 0 aliphatic carbocycles. The molecule has 0 radical (unpaired) electrons. The molecule has 148 valence electrons. The molecule has 0 heterocycles. The summed E-state index contributed by atoms with van der Waals surface area (Å²) in [4.78, 5) is 31.6. The molecule has 0 aliphatic rings. The number of rotatable bonds is 10. The maximum absolute atomic E-state index is 12.6. The van der Waals surface area contributed by atoms with Gasteiger partial charge in [-0.2, -0.15) is 0 Å². The lowest BCUT2D eigenvalue weighted by Gasteiger charge is -2.15. The Bertz CT molecular complexity index is 976. The molecule has 1 atom stereocenters. The van der Waals surface area contributed by atoms with E-state index in [1.807, 2.05) is 4.72 Å². The third kappa shape index (κ3) is 5.59. The first kappa shape index (κ1) is 21.0. The van der Waals surface area contributed by atoms with Crippen molar-refractivity contribution in [2.75, 3.05) is 0 Å². The van der Waals surface area contributed by atoms with E-state index < -0.39 is 38.3 Å². The summed E-state index contributed by atoms with van der Waals surface area (Å²) < 4.78 is 32.6. The summed E-state index contributed by atoms with van der Waals surface area (Å²) in [5.74, 6) is -1.67. The number of aldehydes is 1. The average Bonchev–Trinajstić information content (AvgIpc) is 2.65. The van der Waals surface area contributed by atoms with Gasteiger partial charge < -0.3 is 14.6 Å². The van der Waals surface area contributed by atoms with Gasteiger partial charge in [0.1, 0.15) is 23.5 Å². The van der Waals surface area contributed by atoms with E-state index in [-0.39, 0.29) is 24.3 Å². The molecule has 0 unspecified atom stereocenters. The molecule has 0 bridgehead atoms. The maximum atomic E-state index is 12.6. The lowest BCUT2D eigenvalue weighted by molar-refractivity contribution is -0.385. The minimum Gasteiger partial charge on any atom is -0.487 e. The van der Waals surface area contributed by atoms with Gasteiger partial charge in [-0.25, -0.2) is 13.1 Å². The van der Waals surface area contributed by atoms with Gasteiger partial charge in [0.25, 0.3) is 5.69 Å². The molecule has 10 nitrogen and oxygen atoms in total. The van der Waals surface area contributed by atoms with Gasteiger partial charge in [0, 0.05) is 6.07 Å². The molecule has 0 amide bonds. The van der Waals surface area contributed by atoms with Crippen LogP contribution in [0.4, 0.5) is 5.69 Å². The predicted octanol–water partition coefficient (Wildman–Crippen LogP) is 1.49. The summed E-state index contributed by atoms with van der Waals surface area (Å²) in [6.07, 6.45) is -0.600. The first-order valence-corrected chi connectivity index (χ1v) is 9.36. The minimum atomic E-state index is -4.39. The Morgan fingerprint density at radius 1 is 1.25 bits per heavy atom. The number of hydrogen-bond donors (Lipinski definition) is 2. The lowest BCUT2D eigenvalue weighted by Crippen LogP contribution is -2.37. The van der Waals surface area contributed by atoms with Gasteiger partial charge in [0.15, 0.2) is 0 Å². The number of carboxylic acids is 1.